The first-order valence-electron chi connectivity index (χ1n) is 11.0. The van der Waals surface area contributed by atoms with Crippen molar-refractivity contribution in [3.05, 3.63) is 39.9 Å². The van der Waals surface area contributed by atoms with Crippen LogP contribution in [0.1, 0.15) is 59.1 Å². The molecule has 3 aromatic rings. The van der Waals surface area contributed by atoms with Gasteiger partial charge in [0.25, 0.3) is 5.22 Å². The number of anilines is 1. The molecule has 1 amide bonds. The van der Waals surface area contributed by atoms with Crippen LogP contribution in [0.25, 0.3) is 0 Å². The normalized spacial score (nSPS) is 15.3. The number of thioether (sulfide) groups is 1. The van der Waals surface area contributed by atoms with Crippen molar-refractivity contribution in [3.63, 3.8) is 0 Å². The maximum Gasteiger partial charge on any atom is 0.341 e. The summed E-state index contributed by atoms with van der Waals surface area (Å²) in [5.74, 6) is 0.511. The van der Waals surface area contributed by atoms with Crippen LogP contribution < -0.4 is 5.32 Å². The van der Waals surface area contributed by atoms with Crippen LogP contribution in [0.4, 0.5) is 5.00 Å². The van der Waals surface area contributed by atoms with Crippen LogP contribution in [-0.4, -0.2) is 44.2 Å². The molecule has 33 heavy (non-hydrogen) atoms. The van der Waals surface area contributed by atoms with Gasteiger partial charge in [0, 0.05) is 11.1 Å². The van der Waals surface area contributed by atoms with Crippen molar-refractivity contribution in [3.8, 4) is 0 Å². The minimum atomic E-state index is -0.372. The second kappa shape index (κ2) is 10.5. The minimum Gasteiger partial charge on any atom is -0.462 e. The Morgan fingerprint density at radius 3 is 2.94 bits per heavy atom. The number of esters is 1. The van der Waals surface area contributed by atoms with E-state index in [0.29, 0.717) is 40.7 Å². The zero-order chi connectivity index (χ0) is 23.4. The largest absolute Gasteiger partial charge is 0.462 e. The molecular weight excluding hydrogens is 462 g/mol. The first kappa shape index (κ1) is 23.5. The Bertz CT molecular complexity index is 1140. The van der Waals surface area contributed by atoms with Gasteiger partial charge in [-0.2, -0.15) is 5.10 Å². The van der Waals surface area contributed by atoms with E-state index in [-0.39, 0.29) is 17.6 Å². The molecule has 0 bridgehead atoms. The number of carbonyl (C=O) groups excluding carboxylic acids is 2. The smallest absolute Gasteiger partial charge is 0.341 e. The third kappa shape index (κ3) is 5.64. The minimum absolute atomic E-state index is 0.0882. The van der Waals surface area contributed by atoms with Gasteiger partial charge in [0.15, 0.2) is 0 Å². The van der Waals surface area contributed by atoms with Gasteiger partial charge in [-0.25, -0.2) is 4.79 Å². The number of carbonyl (C=O) groups is 2. The van der Waals surface area contributed by atoms with Gasteiger partial charge in [-0.05, 0) is 50.7 Å². The van der Waals surface area contributed by atoms with Crippen molar-refractivity contribution in [2.75, 3.05) is 17.7 Å². The lowest BCUT2D eigenvalue weighted by Crippen LogP contribution is -2.18. The fraction of sp³-hybridized carbons (Fsp3) is 0.500. The summed E-state index contributed by atoms with van der Waals surface area (Å²) in [5, 5.41) is 16.1. The van der Waals surface area contributed by atoms with Crippen LogP contribution in [0.15, 0.2) is 21.9 Å². The molecule has 0 aliphatic heterocycles. The fourth-order valence-electron chi connectivity index (χ4n) is 3.85. The van der Waals surface area contributed by atoms with E-state index < -0.39 is 0 Å². The molecule has 1 N–H and O–H groups in total. The highest BCUT2D eigenvalue weighted by atomic mass is 32.2. The highest BCUT2D eigenvalue weighted by Crippen LogP contribution is 2.41. The van der Waals surface area contributed by atoms with Crippen molar-refractivity contribution in [2.45, 2.75) is 58.2 Å². The molecule has 1 unspecified atom stereocenters. The number of aryl methyl sites for hydroxylation is 1. The lowest BCUT2D eigenvalue weighted by Gasteiger charge is -2.20. The molecule has 0 saturated heterocycles. The zero-order valence-electron chi connectivity index (χ0n) is 18.9. The van der Waals surface area contributed by atoms with Crippen LogP contribution >= 0.6 is 23.1 Å². The van der Waals surface area contributed by atoms with E-state index >= 15 is 0 Å². The molecule has 3 heterocycles. The van der Waals surface area contributed by atoms with Gasteiger partial charge in [0.2, 0.25) is 11.8 Å². The highest BCUT2D eigenvalue weighted by Gasteiger charge is 2.30. The second-order valence-electron chi connectivity index (χ2n) is 7.90. The number of amides is 1. The first-order chi connectivity index (χ1) is 16.0. The van der Waals surface area contributed by atoms with Crippen LogP contribution in [0.5, 0.6) is 0 Å². The first-order valence-corrected chi connectivity index (χ1v) is 12.8. The Balaban J connectivity index is 1.40. The Labute approximate surface area is 200 Å². The summed E-state index contributed by atoms with van der Waals surface area (Å²) in [4.78, 5) is 26.5. The third-order valence-electron chi connectivity index (χ3n) is 5.52. The van der Waals surface area contributed by atoms with Crippen molar-refractivity contribution in [1.29, 1.82) is 0 Å². The molecule has 1 atom stereocenters. The molecule has 0 radical (unpaired) electrons. The number of rotatable bonds is 9. The van der Waals surface area contributed by atoms with Gasteiger partial charge in [-0.15, -0.1) is 21.5 Å². The van der Waals surface area contributed by atoms with Crippen molar-refractivity contribution < 1.29 is 18.7 Å². The Morgan fingerprint density at radius 1 is 1.36 bits per heavy atom. The number of thiophene rings is 1. The number of hydrogen-bond donors (Lipinski definition) is 1. The quantitative estimate of drug-likeness (QED) is 0.353. The summed E-state index contributed by atoms with van der Waals surface area (Å²) in [7, 11) is 0. The monoisotopic (exact) mass is 489 g/mol. The lowest BCUT2D eigenvalue weighted by molar-refractivity contribution is -0.113. The predicted molar refractivity (Wildman–Crippen MR) is 126 cm³/mol. The predicted octanol–water partition coefficient (Wildman–Crippen LogP) is 4.11. The van der Waals surface area contributed by atoms with E-state index in [0.717, 1.165) is 48.7 Å². The maximum absolute atomic E-state index is 12.7. The molecule has 176 valence electrons. The average molecular weight is 490 g/mol. The number of ether oxygens (including phenoxy) is 1. The summed E-state index contributed by atoms with van der Waals surface area (Å²) in [6.07, 6.45) is 5.77. The van der Waals surface area contributed by atoms with Crippen molar-refractivity contribution in [2.24, 2.45) is 5.92 Å². The topological polar surface area (TPSA) is 112 Å². The third-order valence-corrected chi connectivity index (χ3v) is 7.51. The molecule has 4 rings (SSSR count). The molecule has 3 aromatic heterocycles. The van der Waals surface area contributed by atoms with Crippen LogP contribution in [0, 0.1) is 12.8 Å². The van der Waals surface area contributed by atoms with Gasteiger partial charge in [-0.1, -0.05) is 25.1 Å². The van der Waals surface area contributed by atoms with Crippen LogP contribution in [0.3, 0.4) is 0 Å². The lowest BCUT2D eigenvalue weighted by atomic mass is 9.85. The van der Waals surface area contributed by atoms with E-state index in [1.807, 2.05) is 19.2 Å². The molecule has 0 aromatic carbocycles. The summed E-state index contributed by atoms with van der Waals surface area (Å²) in [6, 6.07) is 1.89. The van der Waals surface area contributed by atoms with E-state index in [9.17, 15) is 9.59 Å². The Hall–Kier alpha value is -2.66. The summed E-state index contributed by atoms with van der Waals surface area (Å²) in [6.45, 7) is 6.54. The van der Waals surface area contributed by atoms with Crippen LogP contribution in [0.2, 0.25) is 0 Å². The molecule has 11 heteroatoms. The Morgan fingerprint density at radius 2 is 2.21 bits per heavy atom. The van der Waals surface area contributed by atoms with E-state index in [2.05, 4.69) is 27.5 Å². The SMILES string of the molecule is CCOC(=O)c1c(NC(=O)CSc2nnc(Cn3ccc(C)n3)o2)sc2c1CCC(CC)C2. The standard InChI is InChI=1S/C22H27N5O4S2/c1-4-14-6-7-15-16(10-14)33-20(19(15)21(29)30-5-2)23-17(28)12-32-22-25-24-18(31-22)11-27-9-8-13(3)26-27/h8-9,14H,4-7,10-12H2,1-3H3,(H,23,28). The van der Waals surface area contributed by atoms with E-state index in [1.54, 1.807) is 11.6 Å². The molecule has 0 spiro atoms. The van der Waals surface area contributed by atoms with Gasteiger partial charge in [0.1, 0.15) is 11.5 Å². The Kier molecular flexibility index (Phi) is 7.49. The van der Waals surface area contributed by atoms with Gasteiger partial charge in [-0.3, -0.25) is 9.48 Å². The molecular formula is C22H27N5O4S2. The second-order valence-corrected chi connectivity index (χ2v) is 9.93. The molecule has 1 aliphatic rings. The summed E-state index contributed by atoms with van der Waals surface area (Å²) < 4.78 is 12.6. The van der Waals surface area contributed by atoms with Gasteiger partial charge in [0.05, 0.1) is 23.6 Å². The molecule has 0 fully saturated rings. The van der Waals surface area contributed by atoms with Crippen molar-refractivity contribution >= 4 is 40.0 Å². The summed E-state index contributed by atoms with van der Waals surface area (Å²) in [5.41, 5.74) is 2.45. The van der Waals surface area contributed by atoms with Gasteiger partial charge < -0.3 is 14.5 Å². The molecule has 0 saturated carbocycles. The number of nitrogens with one attached hydrogen (secondary N) is 1. The van der Waals surface area contributed by atoms with E-state index in [1.165, 1.54) is 16.2 Å². The average Bonchev–Trinajstić information content (AvgIpc) is 3.50. The van der Waals surface area contributed by atoms with Crippen LogP contribution in [-0.2, 0) is 28.9 Å². The summed E-state index contributed by atoms with van der Waals surface area (Å²) >= 11 is 2.64. The zero-order valence-corrected chi connectivity index (χ0v) is 20.6. The maximum atomic E-state index is 12.7. The number of nitrogens with zero attached hydrogens (tertiary/aromatic N) is 4. The number of fused-ring (bicyclic) bond motifs is 1. The number of aromatic nitrogens is 4. The number of hydrogen-bond acceptors (Lipinski definition) is 9. The van der Waals surface area contributed by atoms with Gasteiger partial charge >= 0.3 is 5.97 Å². The fourth-order valence-corrected chi connectivity index (χ4v) is 5.80. The molecule has 9 nitrogen and oxygen atoms in total. The highest BCUT2D eigenvalue weighted by molar-refractivity contribution is 7.99. The van der Waals surface area contributed by atoms with Crippen molar-refractivity contribution in [1.82, 2.24) is 20.0 Å². The van der Waals surface area contributed by atoms with E-state index in [4.69, 9.17) is 9.15 Å². The molecule has 1 aliphatic carbocycles.